The van der Waals surface area contributed by atoms with Gasteiger partial charge in [0, 0.05) is 5.69 Å². The number of hydrogen-bond acceptors (Lipinski definition) is 2. The highest BCUT2D eigenvalue weighted by Gasteiger charge is 2.27. The lowest BCUT2D eigenvalue weighted by Gasteiger charge is -2.11. The zero-order valence-electron chi connectivity index (χ0n) is 9.26. The predicted octanol–water partition coefficient (Wildman–Crippen LogP) is 2.11. The molecule has 1 atom stereocenters. The van der Waals surface area contributed by atoms with Crippen molar-refractivity contribution in [1.29, 1.82) is 0 Å². The van der Waals surface area contributed by atoms with Gasteiger partial charge in [0.1, 0.15) is 17.4 Å². The number of H-pyrrole nitrogens is 1. The molecule has 4 nitrogen and oxygen atoms in total. The Labute approximate surface area is 87.5 Å². The molecule has 0 aromatic carbocycles. The first-order valence-electron chi connectivity index (χ1n) is 4.72. The first-order valence-corrected chi connectivity index (χ1v) is 4.72. The molecule has 0 aliphatic heterocycles. The van der Waals surface area contributed by atoms with Crippen LogP contribution < -0.4 is 0 Å². The van der Waals surface area contributed by atoms with E-state index in [2.05, 4.69) is 9.97 Å². The number of halogens is 1. The van der Waals surface area contributed by atoms with Crippen molar-refractivity contribution in [2.45, 2.75) is 39.3 Å². The molecule has 1 unspecified atom stereocenters. The summed E-state index contributed by atoms with van der Waals surface area (Å²) in [4.78, 5) is 17.5. The molecule has 0 amide bonds. The third kappa shape index (κ3) is 2.34. The van der Waals surface area contributed by atoms with Gasteiger partial charge in [0.05, 0.1) is 5.69 Å². The molecule has 2 N–H and O–H groups in total. The number of aromatic amines is 1. The monoisotopic (exact) mass is 214 g/mol. The SMILES string of the molecule is Cc1[nH]c(C(C)C(=O)O)nc1C(C)(C)F. The van der Waals surface area contributed by atoms with Crippen molar-refractivity contribution >= 4 is 5.97 Å². The second-order valence-corrected chi connectivity index (χ2v) is 4.13. The van der Waals surface area contributed by atoms with Crippen LogP contribution in [0.1, 0.15) is 43.9 Å². The van der Waals surface area contributed by atoms with Crippen molar-refractivity contribution in [3.05, 3.63) is 17.2 Å². The molecule has 0 bridgehead atoms. The standard InChI is InChI=1S/C10H15FN2O2/c1-5(9(14)15)8-12-6(2)7(13-8)10(3,4)11/h5H,1-4H3,(H,12,13)(H,14,15). The van der Waals surface area contributed by atoms with E-state index in [9.17, 15) is 9.18 Å². The lowest BCUT2D eigenvalue weighted by atomic mass is 10.1. The lowest BCUT2D eigenvalue weighted by molar-refractivity contribution is -0.138. The first-order chi connectivity index (χ1) is 6.73. The van der Waals surface area contributed by atoms with Gasteiger partial charge in [-0.05, 0) is 27.7 Å². The predicted molar refractivity (Wildman–Crippen MR) is 53.5 cm³/mol. The number of imidazole rings is 1. The number of nitrogens with one attached hydrogen (secondary N) is 1. The van der Waals surface area contributed by atoms with E-state index in [4.69, 9.17) is 5.11 Å². The van der Waals surface area contributed by atoms with Gasteiger partial charge < -0.3 is 10.1 Å². The van der Waals surface area contributed by atoms with Gasteiger partial charge in [-0.15, -0.1) is 0 Å². The molecule has 0 aliphatic rings. The zero-order valence-corrected chi connectivity index (χ0v) is 9.26. The minimum Gasteiger partial charge on any atom is -0.481 e. The third-order valence-corrected chi connectivity index (χ3v) is 2.25. The number of hydrogen-bond donors (Lipinski definition) is 2. The molecule has 1 aromatic rings. The fraction of sp³-hybridized carbons (Fsp3) is 0.600. The average molecular weight is 214 g/mol. The van der Waals surface area contributed by atoms with Gasteiger partial charge in [-0.3, -0.25) is 4.79 Å². The van der Waals surface area contributed by atoms with E-state index in [-0.39, 0.29) is 5.69 Å². The summed E-state index contributed by atoms with van der Waals surface area (Å²) in [5.41, 5.74) is -0.715. The van der Waals surface area contributed by atoms with E-state index >= 15 is 0 Å². The molecule has 0 fully saturated rings. The molecule has 0 spiro atoms. The minimum absolute atomic E-state index is 0.269. The molecule has 0 radical (unpaired) electrons. The molecular formula is C10H15FN2O2. The van der Waals surface area contributed by atoms with Crippen molar-refractivity contribution in [3.8, 4) is 0 Å². The summed E-state index contributed by atoms with van der Waals surface area (Å²) in [5, 5.41) is 8.78. The van der Waals surface area contributed by atoms with Gasteiger partial charge in [-0.1, -0.05) is 0 Å². The average Bonchev–Trinajstić information content (AvgIpc) is 2.44. The van der Waals surface area contributed by atoms with E-state index in [0.717, 1.165) is 0 Å². The largest absolute Gasteiger partial charge is 0.481 e. The van der Waals surface area contributed by atoms with Gasteiger partial charge in [0.15, 0.2) is 0 Å². The van der Waals surface area contributed by atoms with Gasteiger partial charge in [0.2, 0.25) is 0 Å². The van der Waals surface area contributed by atoms with Crippen LogP contribution >= 0.6 is 0 Å². The van der Waals surface area contributed by atoms with Crippen molar-refractivity contribution in [3.63, 3.8) is 0 Å². The smallest absolute Gasteiger partial charge is 0.313 e. The van der Waals surface area contributed by atoms with E-state index in [1.807, 2.05) is 0 Å². The Morgan fingerprint density at radius 2 is 2.13 bits per heavy atom. The Morgan fingerprint density at radius 1 is 1.60 bits per heavy atom. The highest BCUT2D eigenvalue weighted by Crippen LogP contribution is 2.27. The summed E-state index contributed by atoms with van der Waals surface area (Å²) in [5.74, 6) is -1.44. The van der Waals surface area contributed by atoms with Crippen molar-refractivity contribution < 1.29 is 14.3 Å². The summed E-state index contributed by atoms with van der Waals surface area (Å²) in [6.07, 6.45) is 0. The number of alkyl halides is 1. The van der Waals surface area contributed by atoms with E-state index in [1.165, 1.54) is 20.8 Å². The van der Waals surface area contributed by atoms with Crippen LogP contribution in [0.25, 0.3) is 0 Å². The van der Waals surface area contributed by atoms with Crippen LogP contribution in [0, 0.1) is 6.92 Å². The highest BCUT2D eigenvalue weighted by molar-refractivity contribution is 5.74. The Bertz CT molecular complexity index is 379. The molecule has 15 heavy (non-hydrogen) atoms. The fourth-order valence-corrected chi connectivity index (χ4v) is 1.38. The third-order valence-electron chi connectivity index (χ3n) is 2.25. The Morgan fingerprint density at radius 3 is 2.47 bits per heavy atom. The molecular weight excluding hydrogens is 199 g/mol. The number of carboxylic acids is 1. The maximum atomic E-state index is 13.6. The Hall–Kier alpha value is -1.39. The number of aryl methyl sites for hydroxylation is 1. The summed E-state index contributed by atoms with van der Waals surface area (Å²) < 4.78 is 13.6. The highest BCUT2D eigenvalue weighted by atomic mass is 19.1. The lowest BCUT2D eigenvalue weighted by Crippen LogP contribution is -2.12. The summed E-state index contributed by atoms with van der Waals surface area (Å²) >= 11 is 0. The first kappa shape index (κ1) is 11.7. The maximum Gasteiger partial charge on any atom is 0.313 e. The van der Waals surface area contributed by atoms with Crippen LogP contribution in [-0.2, 0) is 10.5 Å². The van der Waals surface area contributed by atoms with Gasteiger partial charge in [-0.2, -0.15) is 0 Å². The summed E-state index contributed by atoms with van der Waals surface area (Å²) in [7, 11) is 0. The molecule has 1 heterocycles. The molecule has 1 aromatic heterocycles. The van der Waals surface area contributed by atoms with E-state index < -0.39 is 17.6 Å². The topological polar surface area (TPSA) is 66.0 Å². The van der Waals surface area contributed by atoms with Crippen LogP contribution in [0.2, 0.25) is 0 Å². The number of carbonyl (C=O) groups is 1. The van der Waals surface area contributed by atoms with E-state index in [1.54, 1.807) is 6.92 Å². The number of aliphatic carboxylic acids is 1. The van der Waals surface area contributed by atoms with Crippen LogP contribution in [0.5, 0.6) is 0 Å². The number of nitrogens with zero attached hydrogens (tertiary/aromatic N) is 1. The number of rotatable bonds is 3. The molecule has 1 rings (SSSR count). The zero-order chi connectivity index (χ0) is 11.8. The molecule has 84 valence electrons. The quantitative estimate of drug-likeness (QED) is 0.809. The molecule has 0 aliphatic carbocycles. The van der Waals surface area contributed by atoms with Crippen molar-refractivity contribution in [2.24, 2.45) is 0 Å². The van der Waals surface area contributed by atoms with Gasteiger partial charge >= 0.3 is 5.97 Å². The van der Waals surface area contributed by atoms with E-state index in [0.29, 0.717) is 11.5 Å². The van der Waals surface area contributed by atoms with Gasteiger partial charge in [-0.25, -0.2) is 9.37 Å². The molecule has 0 saturated carbocycles. The normalized spacial score (nSPS) is 13.9. The van der Waals surface area contributed by atoms with Crippen LogP contribution in [0.4, 0.5) is 4.39 Å². The van der Waals surface area contributed by atoms with Gasteiger partial charge in [0.25, 0.3) is 0 Å². The minimum atomic E-state index is -1.56. The van der Waals surface area contributed by atoms with Crippen molar-refractivity contribution in [1.82, 2.24) is 9.97 Å². The number of aromatic nitrogens is 2. The van der Waals surface area contributed by atoms with Crippen LogP contribution in [0.3, 0.4) is 0 Å². The second-order valence-electron chi connectivity index (χ2n) is 4.13. The summed E-state index contributed by atoms with van der Waals surface area (Å²) in [6.45, 7) is 5.98. The second kappa shape index (κ2) is 3.64. The Kier molecular flexibility index (Phi) is 2.83. The van der Waals surface area contributed by atoms with Crippen LogP contribution in [-0.4, -0.2) is 21.0 Å². The molecule has 5 heteroatoms. The fourth-order valence-electron chi connectivity index (χ4n) is 1.38. The summed E-state index contributed by atoms with van der Waals surface area (Å²) in [6, 6.07) is 0. The molecule has 0 saturated heterocycles. The maximum absolute atomic E-state index is 13.6. The Balaban J connectivity index is 3.11. The number of carboxylic acid groups (broad SMARTS) is 1. The van der Waals surface area contributed by atoms with Crippen LogP contribution in [0.15, 0.2) is 0 Å². The van der Waals surface area contributed by atoms with Crippen molar-refractivity contribution in [2.75, 3.05) is 0 Å².